The van der Waals surface area contributed by atoms with Gasteiger partial charge in [0.25, 0.3) is 0 Å². The number of fused-ring (bicyclic) bond motifs is 1. The van der Waals surface area contributed by atoms with Crippen molar-refractivity contribution >= 4 is 33.5 Å². The molecule has 0 saturated heterocycles. The Labute approximate surface area is 127 Å². The second kappa shape index (κ2) is 5.61. The van der Waals surface area contributed by atoms with Gasteiger partial charge < -0.3 is 5.32 Å². The quantitative estimate of drug-likeness (QED) is 0.801. The van der Waals surface area contributed by atoms with Gasteiger partial charge in [0.15, 0.2) is 5.65 Å². The van der Waals surface area contributed by atoms with E-state index in [-0.39, 0.29) is 11.8 Å². The second-order valence-corrected chi connectivity index (χ2v) is 5.78. The van der Waals surface area contributed by atoms with Crippen molar-refractivity contribution in [3.8, 4) is 0 Å². The van der Waals surface area contributed by atoms with E-state index in [1.165, 1.54) is 11.5 Å². The summed E-state index contributed by atoms with van der Waals surface area (Å²) in [5.41, 5.74) is 2.83. The van der Waals surface area contributed by atoms with Gasteiger partial charge in [-0.05, 0) is 43.1 Å². The number of carbonyl (C=O) groups is 1. The number of amides is 1. The van der Waals surface area contributed by atoms with Crippen molar-refractivity contribution in [3.63, 3.8) is 0 Å². The molecular formula is C16H15N3OS. The Bertz CT molecular complexity index is 797. The van der Waals surface area contributed by atoms with Gasteiger partial charge in [0.1, 0.15) is 5.00 Å². The Morgan fingerprint density at radius 2 is 2.14 bits per heavy atom. The van der Waals surface area contributed by atoms with Gasteiger partial charge in [-0.25, -0.2) is 4.98 Å². The van der Waals surface area contributed by atoms with Gasteiger partial charge in [-0.1, -0.05) is 29.8 Å². The fourth-order valence-corrected chi connectivity index (χ4v) is 2.91. The first-order valence-corrected chi connectivity index (χ1v) is 7.50. The first kappa shape index (κ1) is 13.7. The topological polar surface area (TPSA) is 54.9 Å². The second-order valence-electron chi connectivity index (χ2n) is 5.01. The lowest BCUT2D eigenvalue weighted by Crippen LogP contribution is -2.18. The Morgan fingerprint density at radius 3 is 2.95 bits per heavy atom. The van der Waals surface area contributed by atoms with Crippen molar-refractivity contribution in [1.29, 1.82) is 0 Å². The fraction of sp³-hybridized carbons (Fsp3) is 0.188. The number of hydrogen-bond donors (Lipinski definition) is 1. The van der Waals surface area contributed by atoms with E-state index < -0.39 is 0 Å². The monoisotopic (exact) mass is 297 g/mol. The summed E-state index contributed by atoms with van der Waals surface area (Å²) in [6, 6.07) is 11.8. The third-order valence-electron chi connectivity index (χ3n) is 3.43. The van der Waals surface area contributed by atoms with Crippen LogP contribution in [0.5, 0.6) is 0 Å². The Balaban J connectivity index is 1.83. The maximum atomic E-state index is 12.4. The number of nitrogens with zero attached hydrogens (tertiary/aromatic N) is 2. The molecule has 1 unspecified atom stereocenters. The van der Waals surface area contributed by atoms with Crippen molar-refractivity contribution in [2.24, 2.45) is 0 Å². The lowest BCUT2D eigenvalue weighted by Gasteiger charge is -2.12. The minimum absolute atomic E-state index is 0.0324. The standard InChI is InChI=1S/C16H15N3OS/c1-10-5-3-6-12(9-10)11(2)15(20)18-16-13-7-4-8-17-14(13)19-21-16/h3-9,11H,1-2H3,(H,18,20). The molecule has 4 nitrogen and oxygen atoms in total. The molecule has 1 amide bonds. The van der Waals surface area contributed by atoms with Gasteiger partial charge in [0.05, 0.1) is 11.3 Å². The highest BCUT2D eigenvalue weighted by molar-refractivity contribution is 7.12. The smallest absolute Gasteiger partial charge is 0.232 e. The predicted molar refractivity (Wildman–Crippen MR) is 85.6 cm³/mol. The van der Waals surface area contributed by atoms with Crippen molar-refractivity contribution < 1.29 is 4.79 Å². The van der Waals surface area contributed by atoms with Gasteiger partial charge in [-0.3, -0.25) is 4.79 Å². The summed E-state index contributed by atoms with van der Waals surface area (Å²) in [4.78, 5) is 16.6. The molecule has 1 aromatic carbocycles. The largest absolute Gasteiger partial charge is 0.315 e. The number of aryl methyl sites for hydroxylation is 1. The van der Waals surface area contributed by atoms with E-state index in [9.17, 15) is 4.79 Å². The van der Waals surface area contributed by atoms with Gasteiger partial charge in [-0.15, -0.1) is 0 Å². The van der Waals surface area contributed by atoms with Crippen LogP contribution in [0.25, 0.3) is 11.0 Å². The van der Waals surface area contributed by atoms with Crippen LogP contribution in [0.4, 0.5) is 5.00 Å². The van der Waals surface area contributed by atoms with Gasteiger partial charge in [-0.2, -0.15) is 4.37 Å². The van der Waals surface area contributed by atoms with Crippen molar-refractivity contribution in [3.05, 3.63) is 53.7 Å². The summed E-state index contributed by atoms with van der Waals surface area (Å²) >= 11 is 1.26. The molecule has 3 aromatic rings. The molecule has 106 valence electrons. The molecule has 0 saturated carbocycles. The molecule has 0 aliphatic heterocycles. The number of anilines is 1. The van der Waals surface area contributed by atoms with Crippen LogP contribution < -0.4 is 5.32 Å². The lowest BCUT2D eigenvalue weighted by molar-refractivity contribution is -0.117. The van der Waals surface area contributed by atoms with Crippen LogP contribution in [-0.4, -0.2) is 15.3 Å². The van der Waals surface area contributed by atoms with E-state index in [1.54, 1.807) is 6.20 Å². The number of benzene rings is 1. The van der Waals surface area contributed by atoms with Gasteiger partial charge >= 0.3 is 0 Å². The minimum Gasteiger partial charge on any atom is -0.315 e. The van der Waals surface area contributed by atoms with E-state index in [2.05, 4.69) is 14.7 Å². The number of rotatable bonds is 3. The SMILES string of the molecule is Cc1cccc(C(C)C(=O)Nc2snc3ncccc23)c1. The van der Waals surface area contributed by atoms with Gasteiger partial charge in [0, 0.05) is 6.20 Å². The Hall–Kier alpha value is -2.27. The first-order chi connectivity index (χ1) is 10.1. The minimum atomic E-state index is -0.210. The van der Waals surface area contributed by atoms with Crippen molar-refractivity contribution in [2.75, 3.05) is 5.32 Å². The number of hydrogen-bond acceptors (Lipinski definition) is 4. The average molecular weight is 297 g/mol. The van der Waals surface area contributed by atoms with Crippen LogP contribution in [0.2, 0.25) is 0 Å². The highest BCUT2D eigenvalue weighted by Crippen LogP contribution is 2.27. The highest BCUT2D eigenvalue weighted by Gasteiger charge is 2.17. The molecule has 0 bridgehead atoms. The Kier molecular flexibility index (Phi) is 3.66. The van der Waals surface area contributed by atoms with Crippen molar-refractivity contribution in [1.82, 2.24) is 9.36 Å². The third kappa shape index (κ3) is 2.78. The van der Waals surface area contributed by atoms with Crippen LogP contribution >= 0.6 is 11.5 Å². The third-order valence-corrected chi connectivity index (χ3v) is 4.20. The highest BCUT2D eigenvalue weighted by atomic mass is 32.1. The summed E-state index contributed by atoms with van der Waals surface area (Å²) in [6.45, 7) is 3.93. The molecule has 21 heavy (non-hydrogen) atoms. The average Bonchev–Trinajstić information content (AvgIpc) is 2.90. The van der Waals surface area contributed by atoms with E-state index in [0.717, 1.165) is 21.5 Å². The van der Waals surface area contributed by atoms with Crippen LogP contribution in [0.3, 0.4) is 0 Å². The molecule has 0 spiro atoms. The van der Waals surface area contributed by atoms with Crippen LogP contribution in [0.15, 0.2) is 42.6 Å². The summed E-state index contributed by atoms with van der Waals surface area (Å²) < 4.78 is 4.23. The van der Waals surface area contributed by atoms with E-state index in [0.29, 0.717) is 5.65 Å². The van der Waals surface area contributed by atoms with Gasteiger partial charge in [0.2, 0.25) is 5.91 Å². The molecule has 0 radical (unpaired) electrons. The fourth-order valence-electron chi connectivity index (χ4n) is 2.19. The molecule has 3 rings (SSSR count). The number of pyridine rings is 1. The molecule has 0 aliphatic rings. The molecule has 0 fully saturated rings. The number of nitrogens with one attached hydrogen (secondary N) is 1. The first-order valence-electron chi connectivity index (χ1n) is 6.73. The summed E-state index contributed by atoms with van der Waals surface area (Å²) in [7, 11) is 0. The van der Waals surface area contributed by atoms with Crippen LogP contribution in [-0.2, 0) is 4.79 Å². The Morgan fingerprint density at radius 1 is 1.29 bits per heavy atom. The molecule has 2 aromatic heterocycles. The van der Waals surface area contributed by atoms with Crippen LogP contribution in [0, 0.1) is 6.92 Å². The summed E-state index contributed by atoms with van der Waals surface area (Å²) in [6.07, 6.45) is 1.70. The molecular weight excluding hydrogens is 282 g/mol. The zero-order valence-corrected chi connectivity index (χ0v) is 12.6. The van der Waals surface area contributed by atoms with E-state index >= 15 is 0 Å². The predicted octanol–water partition coefficient (Wildman–Crippen LogP) is 3.74. The van der Waals surface area contributed by atoms with Crippen molar-refractivity contribution in [2.45, 2.75) is 19.8 Å². The number of aromatic nitrogens is 2. The zero-order chi connectivity index (χ0) is 14.8. The molecule has 1 N–H and O–H groups in total. The number of carbonyl (C=O) groups excluding carboxylic acids is 1. The molecule has 5 heteroatoms. The summed E-state index contributed by atoms with van der Waals surface area (Å²) in [5.74, 6) is -0.242. The molecule has 0 aliphatic carbocycles. The van der Waals surface area contributed by atoms with Crippen LogP contribution in [0.1, 0.15) is 24.0 Å². The maximum absolute atomic E-state index is 12.4. The molecule has 2 heterocycles. The lowest BCUT2D eigenvalue weighted by atomic mass is 9.99. The van der Waals surface area contributed by atoms with E-state index in [4.69, 9.17) is 0 Å². The summed E-state index contributed by atoms with van der Waals surface area (Å²) in [5, 5.41) is 4.59. The normalized spacial score (nSPS) is 12.3. The molecule has 1 atom stereocenters. The maximum Gasteiger partial charge on any atom is 0.232 e. The van der Waals surface area contributed by atoms with E-state index in [1.807, 2.05) is 50.2 Å². The zero-order valence-electron chi connectivity index (χ0n) is 11.8.